The van der Waals surface area contributed by atoms with Crippen molar-refractivity contribution in [2.75, 3.05) is 39.1 Å². The molecule has 0 saturated heterocycles. The van der Waals surface area contributed by atoms with Crippen molar-refractivity contribution in [2.24, 2.45) is 4.99 Å². The Hall–Kier alpha value is -1.84. The van der Waals surface area contributed by atoms with Gasteiger partial charge in [0, 0.05) is 32.1 Å². The van der Waals surface area contributed by atoms with Gasteiger partial charge in [0.25, 0.3) is 0 Å². The van der Waals surface area contributed by atoms with E-state index in [1.165, 1.54) is 12.1 Å². The molecular formula is C23H29Cl3N4O3S. The molecular weight excluding hydrogens is 519 g/mol. The lowest BCUT2D eigenvalue weighted by Crippen LogP contribution is -2.30. The average molecular weight is 548 g/mol. The molecule has 11 heteroatoms. The van der Waals surface area contributed by atoms with Gasteiger partial charge in [-0.3, -0.25) is 9.79 Å². The van der Waals surface area contributed by atoms with Gasteiger partial charge in [0.1, 0.15) is 11.7 Å². The van der Waals surface area contributed by atoms with Gasteiger partial charge < -0.3 is 15.5 Å². The lowest BCUT2D eigenvalue weighted by molar-refractivity contribution is -0.129. The van der Waals surface area contributed by atoms with Crippen molar-refractivity contribution in [3.8, 4) is 0 Å². The zero-order valence-corrected chi connectivity index (χ0v) is 22.0. The number of halogens is 3. The number of benzene rings is 2. The third kappa shape index (κ3) is 7.85. The van der Waals surface area contributed by atoms with Gasteiger partial charge in [-0.2, -0.15) is 0 Å². The number of nitrogens with one attached hydrogen (secondary N) is 2. The predicted molar refractivity (Wildman–Crippen MR) is 140 cm³/mol. The molecule has 0 radical (unpaired) electrons. The minimum absolute atomic E-state index is 0. The second-order valence-corrected chi connectivity index (χ2v) is 10.6. The smallest absolute Gasteiger partial charge is 0.222 e. The van der Waals surface area contributed by atoms with Crippen molar-refractivity contribution in [3.05, 3.63) is 63.6 Å². The summed E-state index contributed by atoms with van der Waals surface area (Å²) in [4.78, 5) is 18.5. The van der Waals surface area contributed by atoms with Crippen LogP contribution in [0.15, 0.2) is 52.4 Å². The van der Waals surface area contributed by atoms with Gasteiger partial charge in [0.05, 0.1) is 21.5 Å². The number of amides is 1. The Morgan fingerprint density at radius 3 is 2.59 bits per heavy atom. The molecule has 0 saturated carbocycles. The summed E-state index contributed by atoms with van der Waals surface area (Å²) >= 11 is 11.9. The van der Waals surface area contributed by atoms with Crippen LogP contribution in [0.2, 0.25) is 10.0 Å². The third-order valence-corrected chi connectivity index (χ3v) is 7.88. The number of sulfone groups is 1. The summed E-state index contributed by atoms with van der Waals surface area (Å²) in [6.45, 7) is 2.71. The van der Waals surface area contributed by atoms with E-state index in [1.807, 2.05) is 12.1 Å². The van der Waals surface area contributed by atoms with Crippen molar-refractivity contribution in [3.63, 3.8) is 0 Å². The molecule has 0 spiro atoms. The number of nitrogens with zero attached hydrogens (tertiary/aromatic N) is 2. The number of hydrogen-bond donors (Lipinski definition) is 2. The van der Waals surface area contributed by atoms with E-state index in [-0.39, 0.29) is 39.1 Å². The summed E-state index contributed by atoms with van der Waals surface area (Å²) in [6, 6.07) is 12.7. The predicted octanol–water partition coefficient (Wildman–Crippen LogP) is 3.57. The molecule has 0 aliphatic carbocycles. The summed E-state index contributed by atoms with van der Waals surface area (Å²) in [5, 5.41) is 6.35. The fraction of sp³-hybridized carbons (Fsp3) is 0.391. The Labute approximate surface area is 217 Å². The zero-order valence-electron chi connectivity index (χ0n) is 18.9. The van der Waals surface area contributed by atoms with Crippen molar-refractivity contribution in [1.29, 1.82) is 0 Å². The minimum atomic E-state index is -3.61. The highest BCUT2D eigenvalue weighted by Crippen LogP contribution is 2.29. The molecule has 1 amide bonds. The van der Waals surface area contributed by atoms with E-state index in [0.717, 1.165) is 36.5 Å². The summed E-state index contributed by atoms with van der Waals surface area (Å²) in [5.41, 5.74) is 2.23. The van der Waals surface area contributed by atoms with Crippen LogP contribution < -0.4 is 10.6 Å². The largest absolute Gasteiger partial charge is 0.368 e. The molecule has 0 unspecified atom stereocenters. The number of likely N-dealkylation sites (N-methyl/N-ethyl adjacent to an activating group) is 1. The highest BCUT2D eigenvalue weighted by atomic mass is 35.5. The standard InChI is InChI=1S/C23H28Cl2N4O3S.ClH/c1-29(15-11-17-7-9-18(10-8-17)23-27-13-14-28-23)21(30)6-3-12-26-16-33(31,32)20-5-2-4-19(24)22(20)25;/h2,4-5,7-10,26H,3,6,11-16H2,1H3,(H,27,28);1H. The maximum Gasteiger partial charge on any atom is 0.222 e. The average Bonchev–Trinajstić information content (AvgIpc) is 3.34. The van der Waals surface area contributed by atoms with Gasteiger partial charge in [-0.25, -0.2) is 8.42 Å². The van der Waals surface area contributed by atoms with E-state index >= 15 is 0 Å². The number of rotatable bonds is 11. The Bertz CT molecular complexity index is 1110. The van der Waals surface area contributed by atoms with Crippen molar-refractivity contribution in [2.45, 2.75) is 24.2 Å². The molecule has 0 fully saturated rings. The molecule has 0 atom stereocenters. The van der Waals surface area contributed by atoms with Crippen LogP contribution in [0, 0.1) is 0 Å². The Morgan fingerprint density at radius 2 is 1.91 bits per heavy atom. The number of carbonyl (C=O) groups excluding carboxylic acids is 1. The molecule has 2 aromatic rings. The summed E-state index contributed by atoms with van der Waals surface area (Å²) in [7, 11) is -1.83. The van der Waals surface area contributed by atoms with Gasteiger partial charge >= 0.3 is 0 Å². The van der Waals surface area contributed by atoms with Crippen molar-refractivity contribution in [1.82, 2.24) is 15.5 Å². The van der Waals surface area contributed by atoms with E-state index in [1.54, 1.807) is 18.0 Å². The lowest BCUT2D eigenvalue weighted by atomic mass is 10.1. The zero-order chi connectivity index (χ0) is 23.8. The van der Waals surface area contributed by atoms with Gasteiger partial charge in [-0.15, -0.1) is 12.4 Å². The fourth-order valence-electron chi connectivity index (χ4n) is 3.41. The molecule has 1 aliphatic rings. The number of aliphatic imine (C=N–C) groups is 1. The topological polar surface area (TPSA) is 90.9 Å². The molecule has 7 nitrogen and oxygen atoms in total. The molecule has 0 aromatic heterocycles. The monoisotopic (exact) mass is 546 g/mol. The van der Waals surface area contributed by atoms with Crippen LogP contribution in [0.25, 0.3) is 0 Å². The number of carbonyl (C=O) groups is 1. The van der Waals surface area contributed by atoms with Crippen LogP contribution in [-0.4, -0.2) is 64.2 Å². The van der Waals surface area contributed by atoms with Gasteiger partial charge in [-0.05, 0) is 37.1 Å². The maximum atomic E-state index is 12.4. The van der Waals surface area contributed by atoms with Crippen LogP contribution in [-0.2, 0) is 21.1 Å². The molecule has 1 aliphatic heterocycles. The molecule has 1 heterocycles. The first-order valence-electron chi connectivity index (χ1n) is 10.8. The molecule has 0 bridgehead atoms. The fourth-order valence-corrected chi connectivity index (χ4v) is 5.35. The van der Waals surface area contributed by atoms with E-state index < -0.39 is 9.84 Å². The Balaban J connectivity index is 0.00000408. The van der Waals surface area contributed by atoms with Crippen molar-refractivity contribution < 1.29 is 13.2 Å². The number of hydrogen-bond acceptors (Lipinski definition) is 6. The van der Waals surface area contributed by atoms with E-state index in [9.17, 15) is 13.2 Å². The second-order valence-electron chi connectivity index (χ2n) is 7.83. The third-order valence-electron chi connectivity index (χ3n) is 5.35. The van der Waals surface area contributed by atoms with Gasteiger partial charge in [0.15, 0.2) is 9.84 Å². The van der Waals surface area contributed by atoms with Gasteiger partial charge in [0.2, 0.25) is 5.91 Å². The first kappa shape index (κ1) is 28.4. The van der Waals surface area contributed by atoms with Crippen molar-refractivity contribution >= 4 is 57.2 Å². The lowest BCUT2D eigenvalue weighted by Gasteiger charge is -2.17. The van der Waals surface area contributed by atoms with E-state index in [2.05, 4.69) is 27.8 Å². The Kier molecular flexibility index (Phi) is 11.1. The van der Waals surface area contributed by atoms with Crippen LogP contribution in [0.5, 0.6) is 0 Å². The summed E-state index contributed by atoms with van der Waals surface area (Å²) < 4.78 is 24.9. The summed E-state index contributed by atoms with van der Waals surface area (Å²) in [5.74, 6) is 0.694. The molecule has 3 rings (SSSR count). The number of amidine groups is 1. The second kappa shape index (κ2) is 13.3. The SMILES string of the molecule is CN(CCc1ccc(C2=NCCN2)cc1)C(=O)CCCNCS(=O)(=O)c1cccc(Cl)c1Cl.Cl. The van der Waals surface area contributed by atoms with E-state index in [4.69, 9.17) is 23.2 Å². The van der Waals surface area contributed by atoms with Crippen LogP contribution >= 0.6 is 35.6 Å². The normalized spacial score (nSPS) is 13.1. The Morgan fingerprint density at radius 1 is 1.18 bits per heavy atom. The van der Waals surface area contributed by atoms with Crippen LogP contribution in [0.3, 0.4) is 0 Å². The molecule has 34 heavy (non-hydrogen) atoms. The molecule has 2 N–H and O–H groups in total. The van der Waals surface area contributed by atoms with Crippen LogP contribution in [0.1, 0.15) is 24.0 Å². The van der Waals surface area contributed by atoms with Crippen LogP contribution in [0.4, 0.5) is 0 Å². The first-order valence-corrected chi connectivity index (χ1v) is 13.2. The van der Waals surface area contributed by atoms with Gasteiger partial charge in [-0.1, -0.05) is 53.5 Å². The first-order chi connectivity index (χ1) is 15.8. The maximum absolute atomic E-state index is 12.4. The summed E-state index contributed by atoms with van der Waals surface area (Å²) in [6.07, 6.45) is 1.64. The minimum Gasteiger partial charge on any atom is -0.368 e. The highest BCUT2D eigenvalue weighted by molar-refractivity contribution is 7.91. The van der Waals surface area contributed by atoms with E-state index in [0.29, 0.717) is 25.9 Å². The molecule has 186 valence electrons. The quantitative estimate of drug-likeness (QED) is 0.420. The molecule has 2 aromatic carbocycles. The highest BCUT2D eigenvalue weighted by Gasteiger charge is 2.19.